The lowest BCUT2D eigenvalue weighted by atomic mass is 10.0. The predicted octanol–water partition coefficient (Wildman–Crippen LogP) is 7.79. The van der Waals surface area contributed by atoms with Gasteiger partial charge in [0.05, 0.1) is 34.4 Å². The maximum Gasteiger partial charge on any atom is 0.205 e. The smallest absolute Gasteiger partial charge is 0.205 e. The van der Waals surface area contributed by atoms with Crippen LogP contribution in [-0.4, -0.2) is 0 Å². The lowest BCUT2D eigenvalue weighted by Gasteiger charge is -2.16. The summed E-state index contributed by atoms with van der Waals surface area (Å²) in [7, 11) is 0. The number of hydrogen-bond acceptors (Lipinski definition) is 4. The molecule has 0 heterocycles. The highest BCUT2D eigenvalue weighted by atomic mass is 19.2. The average molecular weight is 532 g/mol. The zero-order chi connectivity index (χ0) is 27.7. The molecule has 12 heteroatoms. The van der Waals surface area contributed by atoms with Crippen LogP contribution >= 0.6 is 0 Å². The molecule has 0 amide bonds. The molecular formula is C26H8F8N2O2. The molecule has 0 N–H and O–H groups in total. The quantitative estimate of drug-likeness (QED) is 0.194. The van der Waals surface area contributed by atoms with E-state index in [0.29, 0.717) is 0 Å². The second-order valence-corrected chi connectivity index (χ2v) is 7.40. The van der Waals surface area contributed by atoms with Crippen molar-refractivity contribution in [3.8, 4) is 46.3 Å². The van der Waals surface area contributed by atoms with Crippen LogP contribution in [0.5, 0.6) is 23.0 Å². The lowest BCUT2D eigenvalue weighted by Crippen LogP contribution is -2.09. The van der Waals surface area contributed by atoms with Crippen LogP contribution in [-0.2, 0) is 0 Å². The summed E-state index contributed by atoms with van der Waals surface area (Å²) >= 11 is 0. The van der Waals surface area contributed by atoms with Crippen LogP contribution in [0.3, 0.4) is 0 Å². The molecule has 4 nitrogen and oxygen atoms in total. The van der Waals surface area contributed by atoms with Gasteiger partial charge in [0.2, 0.25) is 34.8 Å². The number of hydrogen-bond donors (Lipinski definition) is 0. The summed E-state index contributed by atoms with van der Waals surface area (Å²) in [5, 5.41) is 17.5. The largest absolute Gasteiger partial charge is 0.451 e. The molecule has 0 spiro atoms. The monoisotopic (exact) mass is 532 g/mol. The Morgan fingerprint density at radius 3 is 0.921 bits per heavy atom. The van der Waals surface area contributed by atoms with Crippen LogP contribution < -0.4 is 9.47 Å². The third-order valence-corrected chi connectivity index (χ3v) is 5.10. The topological polar surface area (TPSA) is 66.0 Å². The van der Waals surface area contributed by atoms with Crippen molar-refractivity contribution in [3.63, 3.8) is 0 Å². The molecule has 0 atom stereocenters. The molecule has 0 aromatic heterocycles. The Hall–Kier alpha value is -5.10. The van der Waals surface area contributed by atoms with E-state index in [1.54, 1.807) is 12.1 Å². The molecule has 190 valence electrons. The minimum atomic E-state index is -2.41. The summed E-state index contributed by atoms with van der Waals surface area (Å²) in [6.07, 6.45) is 0. The zero-order valence-corrected chi connectivity index (χ0v) is 18.4. The van der Waals surface area contributed by atoms with Gasteiger partial charge in [-0.05, 0) is 48.5 Å². The molecule has 0 saturated heterocycles. The Morgan fingerprint density at radius 1 is 0.421 bits per heavy atom. The van der Waals surface area contributed by atoms with Crippen molar-refractivity contribution < 1.29 is 44.6 Å². The lowest BCUT2D eigenvalue weighted by molar-refractivity contribution is 0.360. The van der Waals surface area contributed by atoms with Crippen molar-refractivity contribution in [2.24, 2.45) is 0 Å². The van der Waals surface area contributed by atoms with Crippen LogP contribution in [0.15, 0.2) is 48.5 Å². The van der Waals surface area contributed by atoms with E-state index in [1.165, 1.54) is 0 Å². The third kappa shape index (κ3) is 4.44. The molecule has 0 aliphatic heterocycles. The number of rotatable bonds is 5. The first-order valence-corrected chi connectivity index (χ1v) is 10.2. The SMILES string of the molecule is N#Cc1ccc(Oc2c(F)c(F)c(-c3c(F)c(F)c(Oc4ccc(C#N)cc4)c(F)c3F)c(F)c2F)cc1. The maximum absolute atomic E-state index is 14.8. The highest BCUT2D eigenvalue weighted by Gasteiger charge is 2.35. The van der Waals surface area contributed by atoms with Crippen molar-refractivity contribution in [2.45, 2.75) is 0 Å². The molecule has 0 radical (unpaired) electrons. The predicted molar refractivity (Wildman–Crippen MR) is 114 cm³/mol. The summed E-state index contributed by atoms with van der Waals surface area (Å²) in [6, 6.07) is 12.3. The van der Waals surface area contributed by atoms with E-state index >= 15 is 0 Å². The molecule has 0 saturated carbocycles. The van der Waals surface area contributed by atoms with E-state index in [-0.39, 0.29) is 22.6 Å². The van der Waals surface area contributed by atoms with Gasteiger partial charge >= 0.3 is 0 Å². The van der Waals surface area contributed by atoms with Crippen molar-refractivity contribution >= 4 is 0 Å². The van der Waals surface area contributed by atoms with E-state index in [0.717, 1.165) is 48.5 Å². The molecule has 0 aliphatic carbocycles. The summed E-state index contributed by atoms with van der Waals surface area (Å²) in [5.74, 6) is -22.8. The number of benzene rings is 4. The van der Waals surface area contributed by atoms with Gasteiger partial charge in [0.15, 0.2) is 23.3 Å². The van der Waals surface area contributed by atoms with Crippen LogP contribution in [0.4, 0.5) is 35.1 Å². The van der Waals surface area contributed by atoms with Gasteiger partial charge < -0.3 is 9.47 Å². The van der Waals surface area contributed by atoms with Crippen LogP contribution in [0.1, 0.15) is 11.1 Å². The normalized spacial score (nSPS) is 10.6. The Bertz CT molecular complexity index is 1480. The summed E-state index contributed by atoms with van der Waals surface area (Å²) in [5.41, 5.74) is -3.92. The number of nitrogens with zero attached hydrogens (tertiary/aromatic N) is 2. The van der Waals surface area contributed by atoms with E-state index in [1.807, 2.05) is 0 Å². The van der Waals surface area contributed by atoms with Gasteiger partial charge in [-0.1, -0.05) is 0 Å². The van der Waals surface area contributed by atoms with Gasteiger partial charge in [0.25, 0.3) is 0 Å². The van der Waals surface area contributed by atoms with Crippen molar-refractivity contribution in [1.82, 2.24) is 0 Å². The van der Waals surface area contributed by atoms with Crippen molar-refractivity contribution in [2.75, 3.05) is 0 Å². The molecule has 0 aliphatic rings. The second kappa shape index (κ2) is 10.1. The highest BCUT2D eigenvalue weighted by molar-refractivity contribution is 5.69. The van der Waals surface area contributed by atoms with Gasteiger partial charge in [-0.3, -0.25) is 0 Å². The first-order chi connectivity index (χ1) is 18.1. The molecule has 0 fully saturated rings. The second-order valence-electron chi connectivity index (χ2n) is 7.40. The standard InChI is InChI=1S/C26H8F8N2O2/c27-17-15(18(28)22(32)25(21(17)31)37-13-5-1-11(9-35)2-6-13)16-19(29)23(33)26(24(34)20(16)30)38-14-7-3-12(10-36)4-8-14/h1-8H. The molecular weight excluding hydrogens is 524 g/mol. The molecule has 4 aromatic rings. The summed E-state index contributed by atoms with van der Waals surface area (Å²) in [6.45, 7) is 0. The fraction of sp³-hybridized carbons (Fsp3) is 0. The Kier molecular flexibility index (Phi) is 6.91. The Morgan fingerprint density at radius 2 is 0.684 bits per heavy atom. The van der Waals surface area contributed by atoms with Gasteiger partial charge in [0.1, 0.15) is 11.5 Å². The average Bonchev–Trinajstić information content (AvgIpc) is 2.93. The number of ether oxygens (including phenoxy) is 2. The molecule has 4 rings (SSSR count). The fourth-order valence-corrected chi connectivity index (χ4v) is 3.27. The van der Waals surface area contributed by atoms with Crippen molar-refractivity contribution in [1.29, 1.82) is 10.5 Å². The number of nitriles is 2. The minimum absolute atomic E-state index is 0.118. The molecule has 4 aromatic carbocycles. The van der Waals surface area contributed by atoms with E-state index in [4.69, 9.17) is 20.0 Å². The first kappa shape index (κ1) is 26.0. The van der Waals surface area contributed by atoms with E-state index in [9.17, 15) is 35.1 Å². The van der Waals surface area contributed by atoms with Crippen LogP contribution in [0.25, 0.3) is 11.1 Å². The maximum atomic E-state index is 14.8. The minimum Gasteiger partial charge on any atom is -0.451 e. The number of halogens is 8. The summed E-state index contributed by atoms with van der Waals surface area (Å²) in [4.78, 5) is 0. The Labute approximate surface area is 208 Å². The molecule has 0 unspecified atom stereocenters. The fourth-order valence-electron chi connectivity index (χ4n) is 3.27. The van der Waals surface area contributed by atoms with E-state index in [2.05, 4.69) is 0 Å². The van der Waals surface area contributed by atoms with Gasteiger partial charge in [-0.2, -0.15) is 28.1 Å². The summed E-state index contributed by atoms with van der Waals surface area (Å²) < 4.78 is 128. The van der Waals surface area contributed by atoms with Gasteiger partial charge in [-0.15, -0.1) is 0 Å². The van der Waals surface area contributed by atoms with Gasteiger partial charge in [-0.25, -0.2) is 17.6 Å². The van der Waals surface area contributed by atoms with Gasteiger partial charge in [0, 0.05) is 0 Å². The molecule has 38 heavy (non-hydrogen) atoms. The Balaban J connectivity index is 1.82. The first-order valence-electron chi connectivity index (χ1n) is 10.2. The highest BCUT2D eigenvalue weighted by Crippen LogP contribution is 2.43. The zero-order valence-electron chi connectivity index (χ0n) is 18.4. The van der Waals surface area contributed by atoms with E-state index < -0.39 is 69.2 Å². The third-order valence-electron chi connectivity index (χ3n) is 5.10. The molecule has 0 bridgehead atoms. The van der Waals surface area contributed by atoms with Crippen LogP contribution in [0.2, 0.25) is 0 Å². The van der Waals surface area contributed by atoms with Crippen LogP contribution in [0, 0.1) is 69.2 Å². The van der Waals surface area contributed by atoms with Crippen molar-refractivity contribution in [3.05, 3.63) is 106 Å².